The number of nitrogens with zero attached hydrogens (tertiary/aromatic N) is 1. The lowest BCUT2D eigenvalue weighted by atomic mass is 10.3. The van der Waals surface area contributed by atoms with E-state index in [4.69, 9.17) is 4.74 Å². The standard InChI is InChI=1S/C11H11NO4/c13-11(8-4-5-9-12(14)15)16-10-6-2-1-3-7-10/h1-3,5-7,9H,4,8H2. The van der Waals surface area contributed by atoms with Crippen LogP contribution < -0.4 is 4.74 Å². The van der Waals surface area contributed by atoms with E-state index in [2.05, 4.69) is 0 Å². The van der Waals surface area contributed by atoms with Crippen molar-refractivity contribution in [2.75, 3.05) is 0 Å². The van der Waals surface area contributed by atoms with Crippen molar-refractivity contribution in [3.05, 3.63) is 52.7 Å². The van der Waals surface area contributed by atoms with Crippen molar-refractivity contribution < 1.29 is 14.5 Å². The minimum Gasteiger partial charge on any atom is -0.427 e. The Hall–Kier alpha value is -2.17. The minimum atomic E-state index is -0.567. The molecule has 0 amide bonds. The summed E-state index contributed by atoms with van der Waals surface area (Å²) in [4.78, 5) is 20.6. The summed E-state index contributed by atoms with van der Waals surface area (Å²) in [6.07, 6.45) is 2.56. The summed E-state index contributed by atoms with van der Waals surface area (Å²) >= 11 is 0. The SMILES string of the molecule is O=C(CCC=C[N+](=O)[O-])Oc1ccccc1. The van der Waals surface area contributed by atoms with Gasteiger partial charge in [-0.25, -0.2) is 0 Å². The highest BCUT2D eigenvalue weighted by Crippen LogP contribution is 2.09. The van der Waals surface area contributed by atoms with Crippen LogP contribution in [0.3, 0.4) is 0 Å². The predicted molar refractivity (Wildman–Crippen MR) is 57.4 cm³/mol. The van der Waals surface area contributed by atoms with E-state index in [1.807, 2.05) is 6.07 Å². The van der Waals surface area contributed by atoms with Crippen molar-refractivity contribution in [1.82, 2.24) is 0 Å². The summed E-state index contributed by atoms with van der Waals surface area (Å²) in [7, 11) is 0. The van der Waals surface area contributed by atoms with Crippen molar-refractivity contribution in [3.8, 4) is 5.75 Å². The first kappa shape index (κ1) is 11.9. The maximum Gasteiger partial charge on any atom is 0.311 e. The highest BCUT2D eigenvalue weighted by molar-refractivity contribution is 5.72. The third-order valence-electron chi connectivity index (χ3n) is 1.72. The Balaban J connectivity index is 2.29. The molecular weight excluding hydrogens is 210 g/mol. The second-order valence-electron chi connectivity index (χ2n) is 3.00. The molecule has 0 N–H and O–H groups in total. The minimum absolute atomic E-state index is 0.124. The fraction of sp³-hybridized carbons (Fsp3) is 0.182. The maximum absolute atomic E-state index is 11.2. The first-order valence-corrected chi connectivity index (χ1v) is 4.74. The maximum atomic E-state index is 11.2. The van der Waals surface area contributed by atoms with Crippen molar-refractivity contribution in [1.29, 1.82) is 0 Å². The Morgan fingerprint density at radius 3 is 2.69 bits per heavy atom. The Kier molecular flexibility index (Phi) is 4.72. The summed E-state index contributed by atoms with van der Waals surface area (Å²) in [5, 5.41) is 9.94. The van der Waals surface area contributed by atoms with E-state index in [9.17, 15) is 14.9 Å². The van der Waals surface area contributed by atoms with Gasteiger partial charge < -0.3 is 4.74 Å². The van der Waals surface area contributed by atoms with Crippen molar-refractivity contribution >= 4 is 5.97 Å². The van der Waals surface area contributed by atoms with Crippen LogP contribution in [0.4, 0.5) is 0 Å². The molecule has 0 aliphatic heterocycles. The average molecular weight is 221 g/mol. The molecule has 0 fully saturated rings. The van der Waals surface area contributed by atoms with Crippen molar-refractivity contribution in [2.45, 2.75) is 12.8 Å². The highest BCUT2D eigenvalue weighted by atomic mass is 16.6. The Morgan fingerprint density at radius 1 is 1.38 bits per heavy atom. The van der Waals surface area contributed by atoms with Crippen molar-refractivity contribution in [3.63, 3.8) is 0 Å². The fourth-order valence-electron chi connectivity index (χ4n) is 1.03. The van der Waals surface area contributed by atoms with Gasteiger partial charge in [0.2, 0.25) is 6.20 Å². The zero-order valence-corrected chi connectivity index (χ0v) is 8.54. The molecule has 1 aromatic rings. The van der Waals surface area contributed by atoms with E-state index in [1.54, 1.807) is 24.3 Å². The number of allylic oxidation sites excluding steroid dienone is 1. The molecule has 0 saturated carbocycles. The molecule has 0 unspecified atom stereocenters. The Labute approximate surface area is 92.5 Å². The first-order chi connectivity index (χ1) is 7.68. The molecule has 0 aliphatic carbocycles. The number of esters is 1. The monoisotopic (exact) mass is 221 g/mol. The second-order valence-corrected chi connectivity index (χ2v) is 3.00. The normalized spacial score (nSPS) is 10.2. The van der Waals surface area contributed by atoms with Gasteiger partial charge in [-0.3, -0.25) is 14.9 Å². The molecular formula is C11H11NO4. The Bertz CT molecular complexity index is 386. The van der Waals surface area contributed by atoms with Crippen LogP contribution in [-0.4, -0.2) is 10.9 Å². The van der Waals surface area contributed by atoms with E-state index < -0.39 is 10.9 Å². The van der Waals surface area contributed by atoms with Gasteiger partial charge >= 0.3 is 5.97 Å². The lowest BCUT2D eigenvalue weighted by Crippen LogP contribution is -2.06. The van der Waals surface area contributed by atoms with Crippen LogP contribution in [-0.2, 0) is 4.79 Å². The highest BCUT2D eigenvalue weighted by Gasteiger charge is 2.02. The van der Waals surface area contributed by atoms with Crippen LogP contribution in [0.15, 0.2) is 42.6 Å². The van der Waals surface area contributed by atoms with E-state index in [0.717, 1.165) is 6.20 Å². The largest absolute Gasteiger partial charge is 0.427 e. The smallest absolute Gasteiger partial charge is 0.311 e. The van der Waals surface area contributed by atoms with Gasteiger partial charge in [-0.2, -0.15) is 0 Å². The van der Waals surface area contributed by atoms with E-state index in [1.165, 1.54) is 6.08 Å². The zero-order valence-electron chi connectivity index (χ0n) is 8.54. The lowest BCUT2D eigenvalue weighted by molar-refractivity contribution is -0.402. The van der Waals surface area contributed by atoms with E-state index in [0.29, 0.717) is 12.2 Å². The van der Waals surface area contributed by atoms with Crippen LogP contribution in [0, 0.1) is 10.1 Å². The molecule has 1 aromatic carbocycles. The van der Waals surface area contributed by atoms with Gasteiger partial charge in [0.15, 0.2) is 0 Å². The number of para-hydroxylation sites is 1. The quantitative estimate of drug-likeness (QED) is 0.330. The van der Waals surface area contributed by atoms with E-state index >= 15 is 0 Å². The molecule has 0 heterocycles. The van der Waals surface area contributed by atoms with Gasteiger partial charge in [0.05, 0.1) is 4.92 Å². The number of carbonyl (C=O) groups is 1. The number of rotatable bonds is 5. The number of benzene rings is 1. The predicted octanol–water partition coefficient (Wildman–Crippen LogP) is 2.16. The van der Waals surface area contributed by atoms with Crippen LogP contribution in [0.25, 0.3) is 0 Å². The molecule has 0 aromatic heterocycles. The topological polar surface area (TPSA) is 69.4 Å². The van der Waals surface area contributed by atoms with Crippen LogP contribution in [0.1, 0.15) is 12.8 Å². The van der Waals surface area contributed by atoms with E-state index in [-0.39, 0.29) is 6.42 Å². The summed E-state index contributed by atoms with van der Waals surface area (Å²) in [6, 6.07) is 8.68. The number of hydrogen-bond acceptors (Lipinski definition) is 4. The van der Waals surface area contributed by atoms with Crippen LogP contribution >= 0.6 is 0 Å². The molecule has 0 spiro atoms. The molecule has 0 radical (unpaired) electrons. The summed E-state index contributed by atoms with van der Waals surface area (Å²) in [5.41, 5.74) is 0. The number of ether oxygens (including phenoxy) is 1. The van der Waals surface area contributed by atoms with Gasteiger partial charge in [-0.1, -0.05) is 18.2 Å². The van der Waals surface area contributed by atoms with Gasteiger partial charge in [-0.15, -0.1) is 0 Å². The second kappa shape index (κ2) is 6.34. The molecule has 1 rings (SSSR count). The lowest BCUT2D eigenvalue weighted by Gasteiger charge is -2.01. The molecule has 0 bridgehead atoms. The first-order valence-electron chi connectivity index (χ1n) is 4.74. The van der Waals surface area contributed by atoms with Gasteiger partial charge in [0, 0.05) is 6.42 Å². The van der Waals surface area contributed by atoms with Gasteiger partial charge in [-0.05, 0) is 24.6 Å². The third kappa shape index (κ3) is 4.90. The number of carbonyl (C=O) groups excluding carboxylic acids is 1. The molecule has 16 heavy (non-hydrogen) atoms. The molecule has 0 saturated heterocycles. The van der Waals surface area contributed by atoms with Crippen LogP contribution in [0.5, 0.6) is 5.75 Å². The van der Waals surface area contributed by atoms with Crippen molar-refractivity contribution in [2.24, 2.45) is 0 Å². The summed E-state index contributed by atoms with van der Waals surface area (Å²) in [6.45, 7) is 0. The molecule has 0 aliphatic rings. The molecule has 84 valence electrons. The summed E-state index contributed by atoms with van der Waals surface area (Å²) in [5.74, 6) is 0.0740. The zero-order chi connectivity index (χ0) is 11.8. The molecule has 5 nitrogen and oxygen atoms in total. The fourth-order valence-corrected chi connectivity index (χ4v) is 1.03. The molecule has 0 atom stereocenters. The number of nitro groups is 1. The third-order valence-corrected chi connectivity index (χ3v) is 1.72. The summed E-state index contributed by atoms with van der Waals surface area (Å²) < 4.78 is 4.98. The van der Waals surface area contributed by atoms with Gasteiger partial charge in [0.1, 0.15) is 5.75 Å². The molecule has 5 heteroatoms. The Morgan fingerprint density at radius 2 is 2.06 bits per heavy atom. The average Bonchev–Trinajstić information content (AvgIpc) is 2.25. The van der Waals surface area contributed by atoms with Crippen LogP contribution in [0.2, 0.25) is 0 Å². The number of hydrogen-bond donors (Lipinski definition) is 0. The van der Waals surface area contributed by atoms with Gasteiger partial charge in [0.25, 0.3) is 0 Å².